The molecule has 1 N–H and O–H groups in total. The molecule has 0 aliphatic carbocycles. The molecule has 2 rings (SSSR count). The first-order valence-electron chi connectivity index (χ1n) is 8.18. The van der Waals surface area contributed by atoms with Gasteiger partial charge in [-0.25, -0.2) is 0 Å². The van der Waals surface area contributed by atoms with Crippen LogP contribution in [-0.4, -0.2) is 47.8 Å². The number of carbonyl (C=O) groups is 1. The van der Waals surface area contributed by atoms with Crippen LogP contribution in [0.25, 0.3) is 0 Å². The van der Waals surface area contributed by atoms with Gasteiger partial charge in [-0.3, -0.25) is 9.69 Å². The Hall–Kier alpha value is -2.61. The van der Waals surface area contributed by atoms with Crippen molar-refractivity contribution in [3.63, 3.8) is 0 Å². The number of likely N-dealkylation sites (N-methyl/N-ethyl adjacent to an activating group) is 1. The largest absolute Gasteiger partial charge is 0.490 e. The predicted octanol–water partition coefficient (Wildman–Crippen LogP) is 2.25. The van der Waals surface area contributed by atoms with Crippen LogP contribution < -0.4 is 14.8 Å². The normalized spacial score (nSPS) is 10.8. The second-order valence-electron chi connectivity index (χ2n) is 5.46. The quantitative estimate of drug-likeness (QED) is 0.743. The highest BCUT2D eigenvalue weighted by Gasteiger charge is 2.12. The molecule has 1 aromatic heterocycles. The Kier molecular flexibility index (Phi) is 6.76. The number of carbonyl (C=O) groups excluding carboxylic acids is 1. The fourth-order valence-corrected chi connectivity index (χ4v) is 2.26. The minimum atomic E-state index is -0.148. The van der Waals surface area contributed by atoms with Crippen LogP contribution in [0.4, 0.5) is 5.69 Å². The summed E-state index contributed by atoms with van der Waals surface area (Å²) in [6, 6.07) is 5.33. The second-order valence-corrected chi connectivity index (χ2v) is 5.46. The first kappa shape index (κ1) is 18.7. The van der Waals surface area contributed by atoms with Crippen LogP contribution in [0.5, 0.6) is 11.5 Å². The average Bonchev–Trinajstić information content (AvgIpc) is 2.95. The molecule has 0 aliphatic heterocycles. The van der Waals surface area contributed by atoms with Crippen molar-refractivity contribution in [2.45, 2.75) is 27.3 Å². The van der Waals surface area contributed by atoms with Gasteiger partial charge in [0.25, 0.3) is 0 Å². The molecule has 0 radical (unpaired) electrons. The van der Waals surface area contributed by atoms with E-state index in [2.05, 4.69) is 15.5 Å². The Balaban J connectivity index is 1.93. The van der Waals surface area contributed by atoms with Gasteiger partial charge in [0.05, 0.1) is 26.3 Å². The molecule has 1 heterocycles. The van der Waals surface area contributed by atoms with Crippen LogP contribution in [0.15, 0.2) is 22.6 Å². The second kappa shape index (κ2) is 9.03. The molecule has 0 fully saturated rings. The Morgan fingerprint density at radius 2 is 1.92 bits per heavy atom. The zero-order valence-electron chi connectivity index (χ0n) is 15.0. The molecule has 136 valence electrons. The molecule has 0 atom stereocenters. The predicted molar refractivity (Wildman–Crippen MR) is 92.8 cm³/mol. The highest BCUT2D eigenvalue weighted by Crippen LogP contribution is 2.30. The van der Waals surface area contributed by atoms with E-state index in [9.17, 15) is 4.79 Å². The van der Waals surface area contributed by atoms with E-state index in [4.69, 9.17) is 13.9 Å². The average molecular weight is 348 g/mol. The first-order chi connectivity index (χ1) is 12.0. The lowest BCUT2D eigenvalue weighted by atomic mass is 10.2. The summed E-state index contributed by atoms with van der Waals surface area (Å²) >= 11 is 0. The lowest BCUT2D eigenvalue weighted by Gasteiger charge is -2.15. The van der Waals surface area contributed by atoms with Gasteiger partial charge in [0.2, 0.25) is 17.7 Å². The third-order valence-electron chi connectivity index (χ3n) is 3.21. The van der Waals surface area contributed by atoms with Crippen molar-refractivity contribution < 1.29 is 18.7 Å². The van der Waals surface area contributed by atoms with E-state index in [1.54, 1.807) is 30.0 Å². The fourth-order valence-electron chi connectivity index (χ4n) is 2.26. The highest BCUT2D eigenvalue weighted by molar-refractivity contribution is 5.92. The van der Waals surface area contributed by atoms with Crippen LogP contribution in [-0.2, 0) is 11.3 Å². The van der Waals surface area contributed by atoms with Crippen molar-refractivity contribution in [3.8, 4) is 11.5 Å². The topological polar surface area (TPSA) is 89.7 Å². The smallest absolute Gasteiger partial charge is 0.238 e. The molecule has 0 bridgehead atoms. The molecule has 8 heteroatoms. The summed E-state index contributed by atoms with van der Waals surface area (Å²) in [7, 11) is 1.81. The maximum absolute atomic E-state index is 12.2. The van der Waals surface area contributed by atoms with Gasteiger partial charge in [0.15, 0.2) is 11.5 Å². The maximum atomic E-state index is 12.2. The number of hydrogen-bond acceptors (Lipinski definition) is 7. The third-order valence-corrected chi connectivity index (χ3v) is 3.21. The standard InChI is InChI=1S/C17H24N4O4/c1-5-23-14-8-7-13(9-15(14)24-6-2)18-16(22)10-21(4)11-17-20-19-12(3)25-17/h7-9H,5-6,10-11H2,1-4H3,(H,18,22). The van der Waals surface area contributed by atoms with Gasteiger partial charge in [0.1, 0.15) is 0 Å². The summed E-state index contributed by atoms with van der Waals surface area (Å²) in [4.78, 5) is 14.0. The number of aromatic nitrogens is 2. The van der Waals surface area contributed by atoms with E-state index >= 15 is 0 Å². The number of nitrogens with zero attached hydrogens (tertiary/aromatic N) is 3. The summed E-state index contributed by atoms with van der Waals surface area (Å²) in [5, 5.41) is 10.5. The van der Waals surface area contributed by atoms with Crippen LogP contribution in [0.1, 0.15) is 25.6 Å². The summed E-state index contributed by atoms with van der Waals surface area (Å²) < 4.78 is 16.4. The number of nitrogens with one attached hydrogen (secondary N) is 1. The number of hydrogen-bond donors (Lipinski definition) is 1. The molecule has 0 saturated heterocycles. The van der Waals surface area contributed by atoms with E-state index < -0.39 is 0 Å². The minimum absolute atomic E-state index is 0.148. The van der Waals surface area contributed by atoms with E-state index in [1.807, 2.05) is 20.9 Å². The van der Waals surface area contributed by atoms with E-state index in [0.29, 0.717) is 48.7 Å². The van der Waals surface area contributed by atoms with Crippen LogP contribution >= 0.6 is 0 Å². The molecule has 8 nitrogen and oxygen atoms in total. The highest BCUT2D eigenvalue weighted by atomic mass is 16.5. The van der Waals surface area contributed by atoms with Gasteiger partial charge in [-0.15, -0.1) is 10.2 Å². The zero-order chi connectivity index (χ0) is 18.2. The number of aryl methyl sites for hydroxylation is 1. The number of anilines is 1. The Bertz CT molecular complexity index is 702. The van der Waals surface area contributed by atoms with Crippen molar-refractivity contribution in [2.75, 3.05) is 32.1 Å². The SMILES string of the molecule is CCOc1ccc(NC(=O)CN(C)Cc2nnc(C)o2)cc1OCC. The Morgan fingerprint density at radius 1 is 1.20 bits per heavy atom. The lowest BCUT2D eigenvalue weighted by molar-refractivity contribution is -0.117. The molecule has 25 heavy (non-hydrogen) atoms. The Morgan fingerprint density at radius 3 is 2.56 bits per heavy atom. The Labute approximate surface area is 147 Å². The number of amides is 1. The van der Waals surface area contributed by atoms with Crippen molar-refractivity contribution in [2.24, 2.45) is 0 Å². The van der Waals surface area contributed by atoms with Gasteiger partial charge >= 0.3 is 0 Å². The monoisotopic (exact) mass is 348 g/mol. The molecule has 0 spiro atoms. The van der Waals surface area contributed by atoms with Crippen LogP contribution in [0, 0.1) is 6.92 Å². The van der Waals surface area contributed by atoms with Gasteiger partial charge in [0, 0.05) is 18.7 Å². The lowest BCUT2D eigenvalue weighted by Crippen LogP contribution is -2.30. The molecule has 2 aromatic rings. The summed E-state index contributed by atoms with van der Waals surface area (Å²) in [5.41, 5.74) is 0.652. The summed E-state index contributed by atoms with van der Waals surface area (Å²) in [6.45, 7) is 7.20. The van der Waals surface area contributed by atoms with Crippen molar-refractivity contribution in [1.29, 1.82) is 0 Å². The summed E-state index contributed by atoms with van der Waals surface area (Å²) in [5.74, 6) is 2.10. The first-order valence-corrected chi connectivity index (χ1v) is 8.18. The summed E-state index contributed by atoms with van der Waals surface area (Å²) in [6.07, 6.45) is 0. The molecule has 1 aromatic carbocycles. The van der Waals surface area contributed by atoms with Crippen molar-refractivity contribution in [1.82, 2.24) is 15.1 Å². The fraction of sp³-hybridized carbons (Fsp3) is 0.471. The van der Waals surface area contributed by atoms with E-state index in [0.717, 1.165) is 0 Å². The molecule has 0 aliphatic rings. The van der Waals surface area contributed by atoms with Crippen LogP contribution in [0.3, 0.4) is 0 Å². The third kappa shape index (κ3) is 5.75. The zero-order valence-corrected chi connectivity index (χ0v) is 15.0. The molecular formula is C17H24N4O4. The number of benzene rings is 1. The molecular weight excluding hydrogens is 324 g/mol. The van der Waals surface area contributed by atoms with E-state index in [-0.39, 0.29) is 12.5 Å². The van der Waals surface area contributed by atoms with Crippen molar-refractivity contribution >= 4 is 11.6 Å². The molecule has 0 unspecified atom stereocenters. The minimum Gasteiger partial charge on any atom is -0.490 e. The molecule has 1 amide bonds. The van der Waals surface area contributed by atoms with Gasteiger partial charge in [-0.05, 0) is 33.0 Å². The van der Waals surface area contributed by atoms with Gasteiger partial charge in [-0.1, -0.05) is 0 Å². The molecule has 0 saturated carbocycles. The maximum Gasteiger partial charge on any atom is 0.238 e. The number of rotatable bonds is 9. The van der Waals surface area contributed by atoms with Gasteiger partial charge in [-0.2, -0.15) is 0 Å². The number of ether oxygens (including phenoxy) is 2. The van der Waals surface area contributed by atoms with E-state index in [1.165, 1.54) is 0 Å². The van der Waals surface area contributed by atoms with Crippen molar-refractivity contribution in [3.05, 3.63) is 30.0 Å². The van der Waals surface area contributed by atoms with Gasteiger partial charge < -0.3 is 19.2 Å². The van der Waals surface area contributed by atoms with Crippen LogP contribution in [0.2, 0.25) is 0 Å².